The largest absolute Gasteiger partial charge is 0.733 e. The number of hydrogen-bond donors (Lipinski definition) is 3. The Morgan fingerprint density at radius 1 is 0.931 bits per heavy atom. The van der Waals surface area contributed by atoms with Crippen LogP contribution in [0.2, 0.25) is 0 Å². The third-order valence-electron chi connectivity index (χ3n) is 5.18. The highest BCUT2D eigenvalue weighted by Crippen LogP contribution is 2.49. The van der Waals surface area contributed by atoms with E-state index in [1.165, 1.54) is 6.07 Å². The van der Waals surface area contributed by atoms with Crippen molar-refractivity contribution < 1.29 is 10.3 Å². The van der Waals surface area contributed by atoms with Gasteiger partial charge in [0.1, 0.15) is 6.10 Å². The van der Waals surface area contributed by atoms with Gasteiger partial charge in [-0.15, -0.1) is 23.2 Å². The number of alkyl halides is 2. The first-order valence-corrected chi connectivity index (χ1v) is 10.0. The lowest BCUT2D eigenvalue weighted by Gasteiger charge is -2.29. The first-order valence-electron chi connectivity index (χ1n) is 9.14. The Balaban J connectivity index is 1.73. The molecular weight excluding hydrogens is 411 g/mol. The number of halogens is 2. The van der Waals surface area contributed by atoms with Crippen LogP contribution < -0.4 is 10.5 Å². The lowest BCUT2D eigenvalue weighted by molar-refractivity contribution is 0.164. The minimum atomic E-state index is -0.839. The molecule has 0 spiro atoms. The van der Waals surface area contributed by atoms with Gasteiger partial charge in [-0.2, -0.15) is 0 Å². The Kier molecular flexibility index (Phi) is 5.67. The second-order valence-corrected chi connectivity index (χ2v) is 7.90. The predicted molar refractivity (Wildman–Crippen MR) is 115 cm³/mol. The van der Waals surface area contributed by atoms with Crippen LogP contribution in [-0.4, -0.2) is 10.3 Å². The van der Waals surface area contributed by atoms with Gasteiger partial charge < -0.3 is 20.9 Å². The maximum Gasteiger partial charge on any atom is 0.105 e. The van der Waals surface area contributed by atoms with Crippen molar-refractivity contribution in [2.24, 2.45) is 0 Å². The smallest absolute Gasteiger partial charge is 0.105 e. The summed E-state index contributed by atoms with van der Waals surface area (Å²) in [4.78, 5) is 0. The van der Waals surface area contributed by atoms with E-state index in [-0.39, 0.29) is 17.0 Å². The van der Waals surface area contributed by atoms with Crippen LogP contribution >= 0.6 is 23.2 Å². The number of hydrogen-bond acceptors (Lipinski definition) is 5. The first kappa shape index (κ1) is 20.0. The zero-order chi connectivity index (χ0) is 20.5. The highest BCUT2D eigenvalue weighted by Gasteiger charge is 2.34. The minimum Gasteiger partial charge on any atom is -0.733 e. The van der Waals surface area contributed by atoms with Crippen molar-refractivity contribution in [3.05, 3.63) is 100 Å². The molecule has 3 aromatic rings. The van der Waals surface area contributed by atoms with Crippen LogP contribution in [0, 0.1) is 5.21 Å². The summed E-state index contributed by atoms with van der Waals surface area (Å²) < 4.78 is 0. The molecule has 29 heavy (non-hydrogen) atoms. The summed E-state index contributed by atoms with van der Waals surface area (Å²) >= 11 is 13.2. The number of fused-ring (bicyclic) bond motifs is 1. The van der Waals surface area contributed by atoms with Gasteiger partial charge in [-0.1, -0.05) is 60.7 Å². The van der Waals surface area contributed by atoms with Crippen molar-refractivity contribution in [3.63, 3.8) is 0 Å². The number of nitrogens with one attached hydrogen (secondary N) is 1. The van der Waals surface area contributed by atoms with E-state index in [0.29, 0.717) is 16.8 Å². The summed E-state index contributed by atoms with van der Waals surface area (Å²) in [6.07, 6.45) is -0.839. The third kappa shape index (κ3) is 3.80. The molecule has 0 aromatic heterocycles. The standard InChI is InChI=1S/C22H19Cl2N2O3/c23-19(13-7-3-1-4-8-13)20(24)16-11-15-17(12-18(16)26(28)29)25-21(22(15)27)14-9-5-2-6-10-14/h1-12,19-22,25,27-28H/q-1/t19-,20+,21-,22+/m1/s1. The van der Waals surface area contributed by atoms with E-state index in [1.54, 1.807) is 6.07 Å². The van der Waals surface area contributed by atoms with Gasteiger partial charge in [0.15, 0.2) is 0 Å². The van der Waals surface area contributed by atoms with Crippen LogP contribution in [0.4, 0.5) is 11.4 Å². The fraction of sp³-hybridized carbons (Fsp3) is 0.182. The van der Waals surface area contributed by atoms with Crippen molar-refractivity contribution in [2.75, 3.05) is 10.5 Å². The van der Waals surface area contributed by atoms with E-state index in [0.717, 1.165) is 11.1 Å². The molecule has 0 fully saturated rings. The lowest BCUT2D eigenvalue weighted by Crippen LogP contribution is -2.13. The van der Waals surface area contributed by atoms with Crippen LogP contribution in [-0.2, 0) is 0 Å². The second kappa shape index (κ2) is 8.22. The molecule has 0 bridgehead atoms. The van der Waals surface area contributed by atoms with Crippen molar-refractivity contribution >= 4 is 34.6 Å². The number of anilines is 2. The zero-order valence-electron chi connectivity index (χ0n) is 15.2. The summed E-state index contributed by atoms with van der Waals surface area (Å²) in [6, 6.07) is 21.5. The molecule has 7 heteroatoms. The number of benzene rings is 3. The number of rotatable bonds is 5. The van der Waals surface area contributed by atoms with Crippen molar-refractivity contribution in [2.45, 2.75) is 22.9 Å². The topological polar surface area (TPSA) is 78.8 Å². The number of aliphatic hydroxyl groups excluding tert-OH is 1. The maximum absolute atomic E-state index is 11.8. The molecule has 1 aliphatic heterocycles. The summed E-state index contributed by atoms with van der Waals surface area (Å²) in [7, 11) is 0. The van der Waals surface area contributed by atoms with Crippen LogP contribution in [0.15, 0.2) is 72.8 Å². The maximum atomic E-state index is 11.8. The van der Waals surface area contributed by atoms with E-state index < -0.39 is 16.9 Å². The molecule has 0 radical (unpaired) electrons. The van der Waals surface area contributed by atoms with Crippen molar-refractivity contribution in [1.29, 1.82) is 0 Å². The van der Waals surface area contributed by atoms with Gasteiger partial charge in [0.05, 0.1) is 22.5 Å². The van der Waals surface area contributed by atoms with E-state index in [4.69, 9.17) is 23.2 Å². The second-order valence-electron chi connectivity index (χ2n) is 6.96. The van der Waals surface area contributed by atoms with Gasteiger partial charge in [-0.25, -0.2) is 0 Å². The Morgan fingerprint density at radius 2 is 1.55 bits per heavy atom. The third-order valence-corrected chi connectivity index (χ3v) is 6.30. The molecule has 5 nitrogen and oxygen atoms in total. The quantitative estimate of drug-likeness (QED) is 0.350. The van der Waals surface area contributed by atoms with E-state index in [2.05, 4.69) is 5.32 Å². The fourth-order valence-corrected chi connectivity index (χ4v) is 4.30. The van der Waals surface area contributed by atoms with Gasteiger partial charge in [-0.05, 0) is 28.8 Å². The Hall–Kier alpha value is -2.28. The van der Waals surface area contributed by atoms with Crippen LogP contribution in [0.1, 0.15) is 45.2 Å². The normalized spacial score (nSPS) is 19.9. The van der Waals surface area contributed by atoms with E-state index >= 15 is 0 Å². The fourth-order valence-electron chi connectivity index (χ4n) is 3.69. The summed E-state index contributed by atoms with van der Waals surface area (Å²) in [5, 5.41) is 34.0. The highest BCUT2D eigenvalue weighted by molar-refractivity contribution is 6.30. The molecule has 1 aliphatic rings. The molecule has 0 saturated heterocycles. The van der Waals surface area contributed by atoms with E-state index in [1.807, 2.05) is 60.7 Å². The first-order chi connectivity index (χ1) is 14.0. The predicted octanol–water partition coefficient (Wildman–Crippen LogP) is 5.84. The molecule has 4 atom stereocenters. The van der Waals surface area contributed by atoms with Crippen molar-refractivity contribution in [1.82, 2.24) is 0 Å². The molecule has 1 heterocycles. The summed E-state index contributed by atoms with van der Waals surface area (Å²) in [5.74, 6) is 0. The molecule has 4 rings (SSSR count). The molecule has 0 unspecified atom stereocenters. The molecule has 3 N–H and O–H groups in total. The lowest BCUT2D eigenvalue weighted by atomic mass is 9.95. The summed E-state index contributed by atoms with van der Waals surface area (Å²) in [5.41, 5.74) is 3.19. The molecule has 0 amide bonds. The van der Waals surface area contributed by atoms with Gasteiger partial charge in [0, 0.05) is 11.3 Å². The van der Waals surface area contributed by atoms with Crippen LogP contribution in [0.3, 0.4) is 0 Å². The van der Waals surface area contributed by atoms with Crippen LogP contribution in [0.5, 0.6) is 0 Å². The average molecular weight is 430 g/mol. The number of nitrogens with zero attached hydrogens (tertiary/aromatic N) is 1. The van der Waals surface area contributed by atoms with Gasteiger partial charge in [-0.3, -0.25) is 5.21 Å². The monoisotopic (exact) mass is 429 g/mol. The average Bonchev–Trinajstić information content (AvgIpc) is 3.08. The molecule has 0 aliphatic carbocycles. The Bertz CT molecular complexity index is 986. The molecule has 3 aromatic carbocycles. The molecule has 0 saturated carbocycles. The van der Waals surface area contributed by atoms with Gasteiger partial charge in [0.2, 0.25) is 0 Å². The SMILES string of the molecule is [O-]N(O)c1cc2c(cc1[C@H](Cl)[C@H](Cl)c1ccccc1)[C@H](O)[C@@H](c1ccccc1)N2. The minimum absolute atomic E-state index is 0.0151. The summed E-state index contributed by atoms with van der Waals surface area (Å²) in [6.45, 7) is 0. The molecule has 150 valence electrons. The zero-order valence-corrected chi connectivity index (χ0v) is 16.8. The van der Waals surface area contributed by atoms with E-state index in [9.17, 15) is 15.5 Å². The van der Waals surface area contributed by atoms with Crippen LogP contribution in [0.25, 0.3) is 0 Å². The Morgan fingerprint density at radius 3 is 2.17 bits per heavy atom. The Labute approximate surface area is 178 Å². The molecular formula is C22H19Cl2N2O3-. The van der Waals surface area contributed by atoms with Crippen molar-refractivity contribution in [3.8, 4) is 0 Å². The number of aliphatic hydroxyl groups is 1. The van der Waals surface area contributed by atoms with Gasteiger partial charge >= 0.3 is 0 Å². The van der Waals surface area contributed by atoms with Gasteiger partial charge in [0.25, 0.3) is 0 Å². The highest BCUT2D eigenvalue weighted by atomic mass is 35.5.